The highest BCUT2D eigenvalue weighted by atomic mass is 32.1. The van der Waals surface area contributed by atoms with Crippen LogP contribution in [0.2, 0.25) is 0 Å². The lowest BCUT2D eigenvalue weighted by Crippen LogP contribution is -1.99. The summed E-state index contributed by atoms with van der Waals surface area (Å²) in [6, 6.07) is 6.37. The van der Waals surface area contributed by atoms with Crippen LogP contribution in [0.3, 0.4) is 0 Å². The summed E-state index contributed by atoms with van der Waals surface area (Å²) in [4.78, 5) is 8.90. The van der Waals surface area contributed by atoms with Gasteiger partial charge in [-0.05, 0) is 43.7 Å². The third-order valence-corrected chi connectivity index (χ3v) is 3.20. The van der Waals surface area contributed by atoms with E-state index in [0.29, 0.717) is 0 Å². The fourth-order valence-corrected chi connectivity index (χ4v) is 2.54. The van der Waals surface area contributed by atoms with Gasteiger partial charge in [0.2, 0.25) is 0 Å². The summed E-state index contributed by atoms with van der Waals surface area (Å²) >= 11 is 4.23. The second kappa shape index (κ2) is 5.53. The second-order valence-corrected chi connectivity index (χ2v) is 5.05. The first-order chi connectivity index (χ1) is 8.61. The van der Waals surface area contributed by atoms with E-state index in [-0.39, 0.29) is 0 Å². The van der Waals surface area contributed by atoms with E-state index < -0.39 is 0 Å². The summed E-state index contributed by atoms with van der Waals surface area (Å²) < 4.78 is 0. The van der Waals surface area contributed by atoms with Crippen molar-refractivity contribution in [2.45, 2.75) is 27.2 Å². The van der Waals surface area contributed by atoms with E-state index in [2.05, 4.69) is 55.5 Å². The summed E-state index contributed by atoms with van der Waals surface area (Å²) in [6.07, 6.45) is 2.64. The molecule has 2 rings (SSSR count). The monoisotopic (exact) mass is 258 g/mol. The first-order valence-electron chi connectivity index (χ1n) is 6.13. The molecule has 0 aliphatic heterocycles. The Morgan fingerprint density at radius 3 is 2.39 bits per heavy atom. The molecule has 1 aromatic heterocycles. The maximum atomic E-state index is 4.62. The highest BCUT2D eigenvalue weighted by Crippen LogP contribution is 2.26. The van der Waals surface area contributed by atoms with Gasteiger partial charge in [-0.15, -0.1) is 0 Å². The molecule has 0 radical (unpaired) electrons. The predicted octanol–water partition coefficient (Wildman–Crippen LogP) is 3.54. The van der Waals surface area contributed by atoms with Gasteiger partial charge in [0, 0.05) is 18.2 Å². The molecule has 0 bridgehead atoms. The molecule has 0 fully saturated rings. The van der Waals surface area contributed by atoms with Crippen LogP contribution in [0.25, 0.3) is 11.3 Å². The number of hydrogen-bond donors (Lipinski definition) is 1. The number of thiol groups is 1. The molecule has 2 nitrogen and oxygen atoms in total. The molecule has 0 atom stereocenters. The standard InChI is InChI=1S/C15H18N2S/c1-10-8-11(2)15(12(3)9-10)13-4-6-16-14(17-13)5-7-18/h4,6,8-9,18H,5,7H2,1-3H3. The van der Waals surface area contributed by atoms with Gasteiger partial charge in [0.15, 0.2) is 0 Å². The minimum Gasteiger partial charge on any atom is -0.241 e. The van der Waals surface area contributed by atoms with Gasteiger partial charge in [0.1, 0.15) is 5.82 Å². The average molecular weight is 258 g/mol. The largest absolute Gasteiger partial charge is 0.241 e. The molecular weight excluding hydrogens is 240 g/mol. The number of aryl methyl sites for hydroxylation is 4. The molecule has 1 aromatic carbocycles. The molecule has 0 amide bonds. The Morgan fingerprint density at radius 2 is 1.78 bits per heavy atom. The quantitative estimate of drug-likeness (QED) is 0.852. The van der Waals surface area contributed by atoms with Crippen molar-refractivity contribution in [1.82, 2.24) is 9.97 Å². The zero-order chi connectivity index (χ0) is 13.1. The summed E-state index contributed by atoms with van der Waals surface area (Å²) in [5.41, 5.74) is 6.06. The lowest BCUT2D eigenvalue weighted by atomic mass is 9.97. The maximum absolute atomic E-state index is 4.62. The molecule has 1 heterocycles. The van der Waals surface area contributed by atoms with Crippen LogP contribution < -0.4 is 0 Å². The Balaban J connectivity index is 2.51. The van der Waals surface area contributed by atoms with Crippen LogP contribution in [0.1, 0.15) is 22.5 Å². The van der Waals surface area contributed by atoms with Crippen molar-refractivity contribution in [3.05, 3.63) is 46.9 Å². The van der Waals surface area contributed by atoms with Gasteiger partial charge in [-0.3, -0.25) is 0 Å². The molecule has 0 unspecified atom stereocenters. The van der Waals surface area contributed by atoms with Crippen LogP contribution >= 0.6 is 12.6 Å². The van der Waals surface area contributed by atoms with Crippen molar-refractivity contribution in [2.75, 3.05) is 5.75 Å². The minimum atomic E-state index is 0.773. The van der Waals surface area contributed by atoms with Gasteiger partial charge >= 0.3 is 0 Å². The van der Waals surface area contributed by atoms with Crippen LogP contribution in [0, 0.1) is 20.8 Å². The Hall–Kier alpha value is -1.35. The summed E-state index contributed by atoms with van der Waals surface area (Å²) in [5, 5.41) is 0. The van der Waals surface area contributed by atoms with Gasteiger partial charge in [-0.1, -0.05) is 17.7 Å². The van der Waals surface area contributed by atoms with Gasteiger partial charge in [0.25, 0.3) is 0 Å². The smallest absolute Gasteiger partial charge is 0.129 e. The molecule has 0 N–H and O–H groups in total. The van der Waals surface area contributed by atoms with E-state index in [9.17, 15) is 0 Å². The number of nitrogens with zero attached hydrogens (tertiary/aromatic N) is 2. The summed E-state index contributed by atoms with van der Waals surface area (Å²) in [7, 11) is 0. The Kier molecular flexibility index (Phi) is 4.02. The van der Waals surface area contributed by atoms with Crippen LogP contribution in [0.15, 0.2) is 24.4 Å². The maximum Gasteiger partial charge on any atom is 0.129 e. The first kappa shape index (κ1) is 13.1. The highest BCUT2D eigenvalue weighted by molar-refractivity contribution is 7.80. The van der Waals surface area contributed by atoms with E-state index in [1.165, 1.54) is 22.3 Å². The van der Waals surface area contributed by atoms with Crippen molar-refractivity contribution in [3.8, 4) is 11.3 Å². The molecule has 0 aliphatic rings. The topological polar surface area (TPSA) is 25.8 Å². The van der Waals surface area contributed by atoms with Gasteiger partial charge in [-0.25, -0.2) is 9.97 Å². The number of benzene rings is 1. The third kappa shape index (κ3) is 2.72. The van der Waals surface area contributed by atoms with Crippen molar-refractivity contribution in [2.24, 2.45) is 0 Å². The number of aromatic nitrogens is 2. The lowest BCUT2D eigenvalue weighted by molar-refractivity contribution is 0.951. The molecule has 0 spiro atoms. The zero-order valence-electron chi connectivity index (χ0n) is 11.1. The first-order valence-corrected chi connectivity index (χ1v) is 6.76. The Morgan fingerprint density at radius 1 is 1.11 bits per heavy atom. The van der Waals surface area contributed by atoms with E-state index in [0.717, 1.165) is 23.7 Å². The zero-order valence-corrected chi connectivity index (χ0v) is 12.0. The molecule has 0 aliphatic carbocycles. The van der Waals surface area contributed by atoms with Gasteiger partial charge < -0.3 is 0 Å². The van der Waals surface area contributed by atoms with E-state index in [4.69, 9.17) is 0 Å². The van der Waals surface area contributed by atoms with Crippen LogP contribution in [0.4, 0.5) is 0 Å². The lowest BCUT2D eigenvalue weighted by Gasteiger charge is -2.11. The molecule has 0 saturated carbocycles. The molecule has 18 heavy (non-hydrogen) atoms. The van der Waals surface area contributed by atoms with Gasteiger partial charge in [-0.2, -0.15) is 12.6 Å². The van der Waals surface area contributed by atoms with E-state index in [1.807, 2.05) is 12.3 Å². The van der Waals surface area contributed by atoms with E-state index in [1.54, 1.807) is 0 Å². The molecule has 2 aromatic rings. The average Bonchev–Trinajstić information content (AvgIpc) is 2.28. The molecule has 94 valence electrons. The van der Waals surface area contributed by atoms with Crippen molar-refractivity contribution >= 4 is 12.6 Å². The van der Waals surface area contributed by atoms with Gasteiger partial charge in [0.05, 0.1) is 5.69 Å². The second-order valence-electron chi connectivity index (χ2n) is 4.61. The summed E-state index contributed by atoms with van der Waals surface area (Å²) in [5.74, 6) is 1.64. The normalized spacial score (nSPS) is 10.7. The van der Waals surface area contributed by atoms with Crippen LogP contribution in [-0.4, -0.2) is 15.7 Å². The Labute approximate surface area is 114 Å². The fraction of sp³-hybridized carbons (Fsp3) is 0.333. The number of rotatable bonds is 3. The van der Waals surface area contributed by atoms with Crippen molar-refractivity contribution < 1.29 is 0 Å². The summed E-state index contributed by atoms with van der Waals surface area (Å²) in [6.45, 7) is 6.39. The molecule has 0 saturated heterocycles. The van der Waals surface area contributed by atoms with Crippen LogP contribution in [0.5, 0.6) is 0 Å². The van der Waals surface area contributed by atoms with Crippen LogP contribution in [-0.2, 0) is 6.42 Å². The SMILES string of the molecule is Cc1cc(C)c(-c2ccnc(CCS)n2)c(C)c1. The van der Waals surface area contributed by atoms with Crippen molar-refractivity contribution in [1.29, 1.82) is 0 Å². The fourth-order valence-electron chi connectivity index (χ4n) is 2.34. The predicted molar refractivity (Wildman–Crippen MR) is 79.2 cm³/mol. The third-order valence-electron chi connectivity index (χ3n) is 2.97. The molecular formula is C15H18N2S. The molecule has 3 heteroatoms. The van der Waals surface area contributed by atoms with Crippen molar-refractivity contribution in [3.63, 3.8) is 0 Å². The van der Waals surface area contributed by atoms with E-state index >= 15 is 0 Å². The minimum absolute atomic E-state index is 0.773. The Bertz CT molecular complexity index is 541. The number of hydrogen-bond acceptors (Lipinski definition) is 3. The highest BCUT2D eigenvalue weighted by Gasteiger charge is 2.08.